The van der Waals surface area contributed by atoms with Crippen molar-refractivity contribution in [1.29, 1.82) is 0 Å². The third kappa shape index (κ3) is 2.88. The summed E-state index contributed by atoms with van der Waals surface area (Å²) in [6.07, 6.45) is 5.28. The molecule has 0 fully saturated rings. The second-order valence-corrected chi connectivity index (χ2v) is 3.76. The lowest BCUT2D eigenvalue weighted by Gasteiger charge is -2.09. The van der Waals surface area contributed by atoms with Gasteiger partial charge in [-0.25, -0.2) is 4.98 Å². The first kappa shape index (κ1) is 12.2. The predicted octanol–water partition coefficient (Wildman–Crippen LogP) is 1.32. The van der Waals surface area contributed by atoms with Crippen molar-refractivity contribution in [2.45, 2.75) is 6.54 Å². The molecular formula is C13H15N3O2. The highest BCUT2D eigenvalue weighted by atomic mass is 16.5. The fraction of sp³-hybridized carbons (Fsp3) is 0.231. The van der Waals surface area contributed by atoms with Crippen molar-refractivity contribution in [1.82, 2.24) is 14.9 Å². The van der Waals surface area contributed by atoms with E-state index in [4.69, 9.17) is 4.74 Å². The number of hydrogen-bond donors (Lipinski definition) is 1. The highest BCUT2D eigenvalue weighted by Gasteiger charge is 2.10. The molecule has 94 valence electrons. The van der Waals surface area contributed by atoms with Crippen molar-refractivity contribution in [3.05, 3.63) is 48.5 Å². The molecule has 0 saturated heterocycles. The van der Waals surface area contributed by atoms with Gasteiger partial charge in [-0.3, -0.25) is 4.79 Å². The number of rotatable bonds is 5. The molecule has 5 nitrogen and oxygen atoms in total. The Labute approximate surface area is 105 Å². The molecule has 0 atom stereocenters. The molecule has 1 aromatic carbocycles. The third-order valence-corrected chi connectivity index (χ3v) is 2.57. The minimum Gasteiger partial charge on any atom is -0.496 e. The SMILES string of the molecule is COc1ccccc1C(=O)NCCn1ccnc1. The van der Waals surface area contributed by atoms with Crippen LogP contribution in [0.3, 0.4) is 0 Å². The van der Waals surface area contributed by atoms with Gasteiger partial charge in [0.1, 0.15) is 5.75 Å². The molecule has 0 saturated carbocycles. The maximum atomic E-state index is 11.9. The van der Waals surface area contributed by atoms with Crippen LogP contribution in [-0.2, 0) is 6.54 Å². The minimum absolute atomic E-state index is 0.132. The van der Waals surface area contributed by atoms with Gasteiger partial charge in [0.05, 0.1) is 19.0 Å². The van der Waals surface area contributed by atoms with Crippen LogP contribution in [0.4, 0.5) is 0 Å². The maximum absolute atomic E-state index is 11.9. The summed E-state index contributed by atoms with van der Waals surface area (Å²) in [6.45, 7) is 1.24. The highest BCUT2D eigenvalue weighted by Crippen LogP contribution is 2.16. The Bertz CT molecular complexity index is 509. The summed E-state index contributed by atoms with van der Waals surface area (Å²) in [5, 5.41) is 2.84. The van der Waals surface area contributed by atoms with Gasteiger partial charge in [0.25, 0.3) is 5.91 Å². The van der Waals surface area contributed by atoms with E-state index < -0.39 is 0 Å². The molecule has 0 spiro atoms. The second kappa shape index (κ2) is 5.86. The molecule has 1 N–H and O–H groups in total. The van der Waals surface area contributed by atoms with Gasteiger partial charge in [0.2, 0.25) is 0 Å². The van der Waals surface area contributed by atoms with E-state index in [1.165, 1.54) is 0 Å². The van der Waals surface area contributed by atoms with Crippen LogP contribution in [0.25, 0.3) is 0 Å². The van der Waals surface area contributed by atoms with Gasteiger partial charge in [-0.05, 0) is 12.1 Å². The molecule has 0 aliphatic heterocycles. The van der Waals surface area contributed by atoms with E-state index in [9.17, 15) is 4.79 Å². The number of benzene rings is 1. The van der Waals surface area contributed by atoms with Crippen molar-refractivity contribution < 1.29 is 9.53 Å². The largest absolute Gasteiger partial charge is 0.496 e. The first-order valence-electron chi connectivity index (χ1n) is 5.68. The van der Waals surface area contributed by atoms with Crippen LogP contribution in [0.2, 0.25) is 0 Å². The van der Waals surface area contributed by atoms with Gasteiger partial charge in [0, 0.05) is 25.5 Å². The second-order valence-electron chi connectivity index (χ2n) is 3.76. The summed E-state index contributed by atoms with van der Waals surface area (Å²) in [6, 6.07) is 7.16. The Morgan fingerprint density at radius 3 is 3.00 bits per heavy atom. The number of nitrogens with one attached hydrogen (secondary N) is 1. The van der Waals surface area contributed by atoms with E-state index in [1.807, 2.05) is 22.9 Å². The van der Waals surface area contributed by atoms with E-state index in [2.05, 4.69) is 10.3 Å². The predicted molar refractivity (Wildman–Crippen MR) is 67.6 cm³/mol. The number of carbonyl (C=O) groups excluding carboxylic acids is 1. The zero-order valence-electron chi connectivity index (χ0n) is 10.2. The number of amides is 1. The molecule has 2 rings (SSSR count). The molecule has 0 radical (unpaired) electrons. The number of ether oxygens (including phenoxy) is 1. The summed E-state index contributed by atoms with van der Waals surface area (Å²) in [4.78, 5) is 15.9. The molecule has 1 heterocycles. The average molecular weight is 245 g/mol. The monoisotopic (exact) mass is 245 g/mol. The smallest absolute Gasteiger partial charge is 0.255 e. The molecule has 0 aliphatic carbocycles. The number of carbonyl (C=O) groups is 1. The number of nitrogens with zero attached hydrogens (tertiary/aromatic N) is 2. The van der Waals surface area contributed by atoms with E-state index in [0.717, 1.165) is 0 Å². The Kier molecular flexibility index (Phi) is 3.96. The Morgan fingerprint density at radius 1 is 1.44 bits per heavy atom. The van der Waals surface area contributed by atoms with E-state index in [1.54, 1.807) is 31.8 Å². The molecule has 2 aromatic rings. The Morgan fingerprint density at radius 2 is 2.28 bits per heavy atom. The van der Waals surface area contributed by atoms with Gasteiger partial charge in [-0.2, -0.15) is 0 Å². The summed E-state index contributed by atoms with van der Waals surface area (Å²) >= 11 is 0. The van der Waals surface area contributed by atoms with Crippen LogP contribution in [0, 0.1) is 0 Å². The first-order valence-corrected chi connectivity index (χ1v) is 5.68. The normalized spacial score (nSPS) is 10.1. The van der Waals surface area contributed by atoms with E-state index in [0.29, 0.717) is 24.4 Å². The lowest BCUT2D eigenvalue weighted by Crippen LogP contribution is -2.27. The lowest BCUT2D eigenvalue weighted by molar-refractivity contribution is 0.0949. The molecule has 18 heavy (non-hydrogen) atoms. The minimum atomic E-state index is -0.132. The van der Waals surface area contributed by atoms with Gasteiger partial charge >= 0.3 is 0 Å². The lowest BCUT2D eigenvalue weighted by atomic mass is 10.2. The van der Waals surface area contributed by atoms with Gasteiger partial charge in [0.15, 0.2) is 0 Å². The Hall–Kier alpha value is -2.30. The fourth-order valence-electron chi connectivity index (χ4n) is 1.64. The van der Waals surface area contributed by atoms with Gasteiger partial charge < -0.3 is 14.6 Å². The Balaban J connectivity index is 1.91. The van der Waals surface area contributed by atoms with Crippen LogP contribution < -0.4 is 10.1 Å². The number of hydrogen-bond acceptors (Lipinski definition) is 3. The summed E-state index contributed by atoms with van der Waals surface area (Å²) in [7, 11) is 1.55. The quantitative estimate of drug-likeness (QED) is 0.864. The molecular weight excluding hydrogens is 230 g/mol. The molecule has 0 bridgehead atoms. The van der Waals surface area contributed by atoms with Crippen LogP contribution in [0.15, 0.2) is 43.0 Å². The van der Waals surface area contributed by atoms with E-state index in [-0.39, 0.29) is 5.91 Å². The topological polar surface area (TPSA) is 56.1 Å². The summed E-state index contributed by atoms with van der Waals surface area (Å²) < 4.78 is 7.05. The molecule has 1 aromatic heterocycles. The number of para-hydroxylation sites is 1. The molecule has 0 unspecified atom stereocenters. The molecule has 5 heteroatoms. The number of methoxy groups -OCH3 is 1. The highest BCUT2D eigenvalue weighted by molar-refractivity contribution is 5.96. The van der Waals surface area contributed by atoms with Gasteiger partial charge in [-0.1, -0.05) is 12.1 Å². The van der Waals surface area contributed by atoms with Crippen molar-refractivity contribution in [3.8, 4) is 5.75 Å². The molecule has 1 amide bonds. The average Bonchev–Trinajstić information content (AvgIpc) is 2.91. The number of aromatic nitrogens is 2. The van der Waals surface area contributed by atoms with Crippen molar-refractivity contribution >= 4 is 5.91 Å². The molecule has 0 aliphatic rings. The van der Waals surface area contributed by atoms with Crippen molar-refractivity contribution in [2.24, 2.45) is 0 Å². The summed E-state index contributed by atoms with van der Waals surface area (Å²) in [5.41, 5.74) is 0.547. The van der Waals surface area contributed by atoms with E-state index >= 15 is 0 Å². The first-order chi connectivity index (χ1) is 8.81. The van der Waals surface area contributed by atoms with Crippen LogP contribution in [0.5, 0.6) is 5.75 Å². The third-order valence-electron chi connectivity index (χ3n) is 2.57. The number of imidazole rings is 1. The van der Waals surface area contributed by atoms with Crippen molar-refractivity contribution in [3.63, 3.8) is 0 Å². The zero-order valence-corrected chi connectivity index (χ0v) is 10.2. The van der Waals surface area contributed by atoms with Crippen molar-refractivity contribution in [2.75, 3.05) is 13.7 Å². The van der Waals surface area contributed by atoms with Gasteiger partial charge in [-0.15, -0.1) is 0 Å². The standard InChI is InChI=1S/C13H15N3O2/c1-18-12-5-3-2-4-11(12)13(17)15-7-9-16-8-6-14-10-16/h2-6,8,10H,7,9H2,1H3,(H,15,17). The summed E-state index contributed by atoms with van der Waals surface area (Å²) in [5.74, 6) is 0.449. The maximum Gasteiger partial charge on any atom is 0.255 e. The van der Waals surface area contributed by atoms with Crippen LogP contribution >= 0.6 is 0 Å². The van der Waals surface area contributed by atoms with Crippen LogP contribution in [-0.4, -0.2) is 29.1 Å². The van der Waals surface area contributed by atoms with Crippen LogP contribution in [0.1, 0.15) is 10.4 Å². The fourth-order valence-corrected chi connectivity index (χ4v) is 1.64. The zero-order chi connectivity index (χ0) is 12.8.